The molecule has 4 N–H and O–H groups in total. The van der Waals surface area contributed by atoms with E-state index >= 15 is 0 Å². The predicted octanol–water partition coefficient (Wildman–Crippen LogP) is 0.897. The third-order valence-corrected chi connectivity index (χ3v) is 2.66. The Morgan fingerprint density at radius 3 is 2.79 bits per heavy atom. The van der Waals surface area contributed by atoms with Gasteiger partial charge in [-0.15, -0.1) is 0 Å². The molecule has 0 aliphatic heterocycles. The highest BCUT2D eigenvalue weighted by molar-refractivity contribution is 6.01. The number of amides is 1. The Morgan fingerprint density at radius 2 is 2.16 bits per heavy atom. The zero-order chi connectivity index (χ0) is 14.0. The maximum Gasteiger partial charge on any atom is 0.278 e. The van der Waals surface area contributed by atoms with Crippen LogP contribution in [-0.2, 0) is 0 Å². The number of aromatic amines is 1. The van der Waals surface area contributed by atoms with Gasteiger partial charge in [-0.25, -0.2) is 5.84 Å². The second-order valence-electron chi connectivity index (χ2n) is 3.82. The van der Waals surface area contributed by atoms with Gasteiger partial charge < -0.3 is 0 Å². The first kappa shape index (κ1) is 12.7. The number of nitrogen functional groups attached to an aromatic ring is 1. The monoisotopic (exact) mass is 261 g/mol. The number of benzene rings is 1. The Bertz CT molecular complexity index is 650. The second-order valence-corrected chi connectivity index (χ2v) is 3.82. The van der Waals surface area contributed by atoms with E-state index in [0.29, 0.717) is 5.69 Å². The largest absolute Gasteiger partial charge is 0.290 e. The first-order chi connectivity index (χ1) is 9.06. The second kappa shape index (κ2) is 4.86. The zero-order valence-electron chi connectivity index (χ0n) is 10.0. The lowest BCUT2D eigenvalue weighted by molar-refractivity contribution is -0.384. The van der Waals surface area contributed by atoms with Crippen molar-refractivity contribution < 1.29 is 9.72 Å². The summed E-state index contributed by atoms with van der Waals surface area (Å²) >= 11 is 0. The van der Waals surface area contributed by atoms with Crippen LogP contribution in [0.25, 0.3) is 11.3 Å². The van der Waals surface area contributed by atoms with Crippen molar-refractivity contribution in [1.29, 1.82) is 0 Å². The van der Waals surface area contributed by atoms with Gasteiger partial charge in [-0.2, -0.15) is 5.10 Å². The van der Waals surface area contributed by atoms with Gasteiger partial charge in [0.2, 0.25) is 0 Å². The summed E-state index contributed by atoms with van der Waals surface area (Å²) in [6.45, 7) is 1.63. The zero-order valence-corrected chi connectivity index (χ0v) is 10.0. The number of nitro benzene ring substituents is 1. The molecule has 19 heavy (non-hydrogen) atoms. The van der Waals surface area contributed by atoms with Crippen LogP contribution in [0.4, 0.5) is 5.69 Å². The quantitative estimate of drug-likeness (QED) is 0.327. The van der Waals surface area contributed by atoms with Gasteiger partial charge in [0, 0.05) is 11.8 Å². The molecule has 0 bridgehead atoms. The normalized spacial score (nSPS) is 10.2. The number of carbonyl (C=O) groups is 1. The molecule has 0 radical (unpaired) electrons. The van der Waals surface area contributed by atoms with Crippen LogP contribution in [-0.4, -0.2) is 21.0 Å². The van der Waals surface area contributed by atoms with E-state index in [4.69, 9.17) is 5.84 Å². The molecule has 0 spiro atoms. The fourth-order valence-corrected chi connectivity index (χ4v) is 1.81. The van der Waals surface area contributed by atoms with E-state index in [0.717, 1.165) is 0 Å². The van der Waals surface area contributed by atoms with Crippen LogP contribution < -0.4 is 11.3 Å². The number of hydrazine groups is 1. The molecule has 0 atom stereocenters. The summed E-state index contributed by atoms with van der Waals surface area (Å²) in [6, 6.07) is 6.06. The molecule has 1 amide bonds. The Hall–Kier alpha value is -2.74. The third-order valence-electron chi connectivity index (χ3n) is 2.66. The van der Waals surface area contributed by atoms with Crippen molar-refractivity contribution in [3.63, 3.8) is 0 Å². The molecule has 8 nitrogen and oxygen atoms in total. The van der Waals surface area contributed by atoms with Crippen LogP contribution in [0.2, 0.25) is 0 Å². The Kier molecular flexibility index (Phi) is 3.25. The number of para-hydroxylation sites is 1. The average molecular weight is 261 g/mol. The van der Waals surface area contributed by atoms with E-state index in [1.165, 1.54) is 12.1 Å². The van der Waals surface area contributed by atoms with Crippen molar-refractivity contribution >= 4 is 11.6 Å². The smallest absolute Gasteiger partial charge is 0.278 e. The number of nitrogens with zero attached hydrogens (tertiary/aromatic N) is 2. The highest BCUT2D eigenvalue weighted by Gasteiger charge is 2.24. The molecular weight excluding hydrogens is 250 g/mol. The van der Waals surface area contributed by atoms with E-state index in [-0.39, 0.29) is 22.5 Å². The van der Waals surface area contributed by atoms with Gasteiger partial charge in [-0.3, -0.25) is 25.4 Å². The highest BCUT2D eigenvalue weighted by Crippen LogP contribution is 2.31. The van der Waals surface area contributed by atoms with Crippen LogP contribution in [0.15, 0.2) is 24.3 Å². The van der Waals surface area contributed by atoms with E-state index in [9.17, 15) is 14.9 Å². The van der Waals surface area contributed by atoms with E-state index in [2.05, 4.69) is 10.2 Å². The van der Waals surface area contributed by atoms with Crippen LogP contribution in [0, 0.1) is 17.0 Å². The lowest BCUT2D eigenvalue weighted by atomic mass is 10.0. The SMILES string of the molecule is Cc1[nH]nc(-c2ccccc2[N+](=O)[O-])c1C(=O)NN. The van der Waals surface area contributed by atoms with Crippen LogP contribution in [0.1, 0.15) is 16.1 Å². The highest BCUT2D eigenvalue weighted by atomic mass is 16.6. The number of hydrogen-bond acceptors (Lipinski definition) is 5. The summed E-state index contributed by atoms with van der Waals surface area (Å²) in [5.41, 5.74) is 3.01. The van der Waals surface area contributed by atoms with Crippen molar-refractivity contribution in [2.75, 3.05) is 0 Å². The average Bonchev–Trinajstić information content (AvgIpc) is 2.79. The fourth-order valence-electron chi connectivity index (χ4n) is 1.81. The van der Waals surface area contributed by atoms with Gasteiger partial charge in [0.15, 0.2) is 0 Å². The van der Waals surface area contributed by atoms with Gasteiger partial charge in [0.1, 0.15) is 5.69 Å². The molecule has 0 unspecified atom stereocenters. The third kappa shape index (κ3) is 2.16. The standard InChI is InChI=1S/C11H11N5O3/c1-6-9(11(17)13-12)10(15-14-6)7-4-2-3-5-8(7)16(18)19/h2-5H,12H2,1H3,(H,13,17)(H,14,15). The van der Waals surface area contributed by atoms with Gasteiger partial charge in [-0.1, -0.05) is 12.1 Å². The number of H-pyrrole nitrogens is 1. The number of hydrogen-bond donors (Lipinski definition) is 3. The summed E-state index contributed by atoms with van der Waals surface area (Å²) in [5.74, 6) is 4.55. The summed E-state index contributed by atoms with van der Waals surface area (Å²) in [4.78, 5) is 22.2. The topological polar surface area (TPSA) is 127 Å². The minimum Gasteiger partial charge on any atom is -0.290 e. The predicted molar refractivity (Wildman–Crippen MR) is 67.1 cm³/mol. The molecule has 1 aromatic heterocycles. The molecule has 0 aliphatic rings. The molecule has 0 saturated heterocycles. The number of nitrogens with two attached hydrogens (primary N) is 1. The number of aromatic nitrogens is 2. The molecule has 98 valence electrons. The summed E-state index contributed by atoms with van der Waals surface area (Å²) in [5, 5.41) is 17.6. The van der Waals surface area contributed by atoms with Crippen molar-refractivity contribution in [1.82, 2.24) is 15.6 Å². The van der Waals surface area contributed by atoms with Crippen molar-refractivity contribution in [2.24, 2.45) is 5.84 Å². The van der Waals surface area contributed by atoms with Gasteiger partial charge in [0.25, 0.3) is 11.6 Å². The van der Waals surface area contributed by atoms with E-state index in [1.54, 1.807) is 19.1 Å². The first-order valence-electron chi connectivity index (χ1n) is 5.36. The molecule has 1 aromatic carbocycles. The number of nitrogens with one attached hydrogen (secondary N) is 2. The number of rotatable bonds is 3. The van der Waals surface area contributed by atoms with Gasteiger partial charge in [-0.05, 0) is 13.0 Å². The van der Waals surface area contributed by atoms with Crippen molar-refractivity contribution in [3.8, 4) is 11.3 Å². The molecule has 0 saturated carbocycles. The first-order valence-corrected chi connectivity index (χ1v) is 5.36. The number of aryl methyl sites for hydroxylation is 1. The molecule has 0 fully saturated rings. The Morgan fingerprint density at radius 1 is 1.47 bits per heavy atom. The summed E-state index contributed by atoms with van der Waals surface area (Å²) < 4.78 is 0. The molecule has 2 aromatic rings. The summed E-state index contributed by atoms with van der Waals surface area (Å²) in [7, 11) is 0. The fraction of sp³-hybridized carbons (Fsp3) is 0.0909. The Labute approximate surface area is 107 Å². The minimum atomic E-state index is -0.556. The van der Waals surface area contributed by atoms with E-state index in [1.807, 2.05) is 5.43 Å². The number of carbonyl (C=O) groups excluding carboxylic acids is 1. The molecule has 1 heterocycles. The van der Waals surface area contributed by atoms with Gasteiger partial charge >= 0.3 is 0 Å². The molecule has 2 rings (SSSR count). The van der Waals surface area contributed by atoms with Crippen LogP contribution in [0.5, 0.6) is 0 Å². The number of nitro groups is 1. The molecule has 8 heteroatoms. The van der Waals surface area contributed by atoms with Crippen molar-refractivity contribution in [2.45, 2.75) is 6.92 Å². The lowest BCUT2D eigenvalue weighted by Gasteiger charge is -2.03. The maximum atomic E-state index is 11.7. The summed E-state index contributed by atoms with van der Waals surface area (Å²) in [6.07, 6.45) is 0. The lowest BCUT2D eigenvalue weighted by Crippen LogP contribution is -2.30. The Balaban J connectivity index is 2.67. The van der Waals surface area contributed by atoms with Crippen molar-refractivity contribution in [3.05, 3.63) is 45.6 Å². The van der Waals surface area contributed by atoms with Crippen LogP contribution in [0.3, 0.4) is 0 Å². The van der Waals surface area contributed by atoms with Crippen LogP contribution >= 0.6 is 0 Å². The molecule has 0 aliphatic carbocycles. The minimum absolute atomic E-state index is 0.125. The molecular formula is C11H11N5O3. The van der Waals surface area contributed by atoms with E-state index < -0.39 is 10.8 Å². The maximum absolute atomic E-state index is 11.7. The van der Waals surface area contributed by atoms with Gasteiger partial charge in [0.05, 0.1) is 16.1 Å².